The molecule has 0 aliphatic heterocycles. The molecule has 4 heteroatoms. The van der Waals surface area contributed by atoms with Crippen LogP contribution in [0.15, 0.2) is 0 Å². The molecule has 0 aromatic carbocycles. The van der Waals surface area contributed by atoms with Crippen LogP contribution in [-0.2, 0) is 4.84 Å². The fourth-order valence-electron chi connectivity index (χ4n) is 0.121. The SMILES string of the molecule is C[C@H](O)CO[NH-].Cl. The normalized spacial score (nSPS) is 12.4. The van der Waals surface area contributed by atoms with Crippen molar-refractivity contribution < 1.29 is 9.94 Å². The summed E-state index contributed by atoms with van der Waals surface area (Å²) in [7, 11) is 0. The molecule has 0 rings (SSSR count). The highest BCUT2D eigenvalue weighted by Crippen LogP contribution is 1.78. The molecule has 0 radical (unpaired) electrons. The predicted octanol–water partition coefficient (Wildman–Crippen LogP) is 0.773. The number of aliphatic hydroxyl groups is 1. The summed E-state index contributed by atoms with van der Waals surface area (Å²) in [5.74, 6) is 6.07. The highest BCUT2D eigenvalue weighted by molar-refractivity contribution is 5.85. The van der Waals surface area contributed by atoms with Crippen molar-refractivity contribution >= 4 is 12.4 Å². The van der Waals surface area contributed by atoms with E-state index in [-0.39, 0.29) is 19.0 Å². The van der Waals surface area contributed by atoms with Gasteiger partial charge in [-0.25, -0.2) is 0 Å². The van der Waals surface area contributed by atoms with Gasteiger partial charge >= 0.3 is 0 Å². The molecule has 46 valence electrons. The lowest BCUT2D eigenvalue weighted by atomic mass is 10.5. The third-order valence-corrected chi connectivity index (χ3v) is 0.325. The van der Waals surface area contributed by atoms with E-state index in [2.05, 4.69) is 4.84 Å². The van der Waals surface area contributed by atoms with Gasteiger partial charge in [0.05, 0.1) is 12.7 Å². The highest BCUT2D eigenvalue weighted by Gasteiger charge is 1.84. The number of nitrogens with one attached hydrogen (secondary N) is 1. The summed E-state index contributed by atoms with van der Waals surface area (Å²) >= 11 is 0. The number of rotatable bonds is 2. The molecule has 0 aromatic heterocycles. The topological polar surface area (TPSA) is 53.3 Å². The summed E-state index contributed by atoms with van der Waals surface area (Å²) < 4.78 is 0. The first-order valence-electron chi connectivity index (χ1n) is 1.74. The van der Waals surface area contributed by atoms with Crippen molar-refractivity contribution in [1.82, 2.24) is 0 Å². The Labute approximate surface area is 48.8 Å². The molecule has 0 aromatic rings. The molecule has 0 aliphatic rings. The molecular formula is C3H9ClNO2-. The van der Waals surface area contributed by atoms with Gasteiger partial charge in [0.15, 0.2) is 0 Å². The molecular weight excluding hydrogens is 117 g/mol. The van der Waals surface area contributed by atoms with Gasteiger partial charge in [-0.2, -0.15) is 0 Å². The van der Waals surface area contributed by atoms with E-state index < -0.39 is 6.10 Å². The van der Waals surface area contributed by atoms with Crippen LogP contribution in [0.1, 0.15) is 6.92 Å². The van der Waals surface area contributed by atoms with Crippen LogP contribution in [0.5, 0.6) is 0 Å². The minimum Gasteiger partial charge on any atom is -0.549 e. The Morgan fingerprint density at radius 1 is 1.86 bits per heavy atom. The molecule has 0 heterocycles. The summed E-state index contributed by atoms with van der Waals surface area (Å²) in [6, 6.07) is 0. The Morgan fingerprint density at radius 2 is 2.29 bits per heavy atom. The molecule has 0 spiro atoms. The first kappa shape index (κ1) is 10.2. The molecule has 2 N–H and O–H groups in total. The number of halogens is 1. The first-order chi connectivity index (χ1) is 2.77. The highest BCUT2D eigenvalue weighted by atomic mass is 35.5. The molecule has 0 unspecified atom stereocenters. The van der Waals surface area contributed by atoms with Gasteiger partial charge in [0, 0.05) is 0 Å². The van der Waals surface area contributed by atoms with Crippen LogP contribution in [-0.4, -0.2) is 17.8 Å². The van der Waals surface area contributed by atoms with E-state index in [0.29, 0.717) is 0 Å². The summed E-state index contributed by atoms with van der Waals surface area (Å²) in [4.78, 5) is 3.80. The first-order valence-corrected chi connectivity index (χ1v) is 1.74. The third-order valence-electron chi connectivity index (χ3n) is 0.325. The Morgan fingerprint density at radius 3 is 2.29 bits per heavy atom. The van der Waals surface area contributed by atoms with Crippen molar-refractivity contribution in [1.29, 1.82) is 0 Å². The molecule has 3 nitrogen and oxygen atoms in total. The van der Waals surface area contributed by atoms with Gasteiger partial charge in [-0.3, -0.25) is 0 Å². The molecule has 0 saturated heterocycles. The van der Waals surface area contributed by atoms with Gasteiger partial charge in [0.25, 0.3) is 0 Å². The second-order valence-corrected chi connectivity index (χ2v) is 1.16. The predicted molar refractivity (Wildman–Crippen MR) is 29.2 cm³/mol. The zero-order valence-corrected chi connectivity index (χ0v) is 4.86. The van der Waals surface area contributed by atoms with Crippen LogP contribution in [0.2, 0.25) is 0 Å². The van der Waals surface area contributed by atoms with Gasteiger partial charge in [-0.05, 0) is 6.92 Å². The van der Waals surface area contributed by atoms with Gasteiger partial charge in [0.2, 0.25) is 0 Å². The third kappa shape index (κ3) is 10.7. The van der Waals surface area contributed by atoms with Crippen LogP contribution in [0.4, 0.5) is 0 Å². The van der Waals surface area contributed by atoms with E-state index in [0.717, 1.165) is 0 Å². The maximum Gasteiger partial charge on any atom is 0.0727 e. The average molecular weight is 127 g/mol. The summed E-state index contributed by atoms with van der Waals surface area (Å²) in [5, 5.41) is 8.31. The van der Waals surface area contributed by atoms with E-state index in [1.165, 1.54) is 0 Å². The Hall–Kier alpha value is 0.170. The zero-order chi connectivity index (χ0) is 4.99. The summed E-state index contributed by atoms with van der Waals surface area (Å²) in [6.07, 6.45) is -0.512. The lowest BCUT2D eigenvalue weighted by Gasteiger charge is -2.05. The second kappa shape index (κ2) is 6.17. The lowest BCUT2D eigenvalue weighted by molar-refractivity contribution is 0.0978. The molecule has 0 aliphatic carbocycles. The standard InChI is InChI=1S/C3H8NO2.ClH/c1-3(5)2-6-4;/h3-5H,2H2,1H3;1H/q-1;/t3-;/m0./s1. The van der Waals surface area contributed by atoms with Crippen molar-refractivity contribution in [2.45, 2.75) is 13.0 Å². The van der Waals surface area contributed by atoms with E-state index in [9.17, 15) is 0 Å². The van der Waals surface area contributed by atoms with Crippen LogP contribution in [0.25, 0.3) is 5.90 Å². The minimum atomic E-state index is -0.512. The molecule has 0 amide bonds. The van der Waals surface area contributed by atoms with Crippen molar-refractivity contribution in [2.24, 2.45) is 0 Å². The monoisotopic (exact) mass is 126 g/mol. The van der Waals surface area contributed by atoms with Gasteiger partial charge in [-0.1, -0.05) is 0 Å². The number of aliphatic hydroxyl groups excluding tert-OH is 1. The second-order valence-electron chi connectivity index (χ2n) is 1.16. The van der Waals surface area contributed by atoms with Crippen molar-refractivity contribution in [3.05, 3.63) is 5.90 Å². The number of hydrogen-bond acceptors (Lipinski definition) is 2. The quantitative estimate of drug-likeness (QED) is 0.556. The van der Waals surface area contributed by atoms with Crippen molar-refractivity contribution in [2.75, 3.05) is 6.61 Å². The van der Waals surface area contributed by atoms with Crippen LogP contribution < -0.4 is 0 Å². The summed E-state index contributed by atoms with van der Waals surface area (Å²) in [5.41, 5.74) is 0. The maximum atomic E-state index is 8.31. The van der Waals surface area contributed by atoms with E-state index >= 15 is 0 Å². The van der Waals surface area contributed by atoms with Crippen LogP contribution in [0.3, 0.4) is 0 Å². The fourth-order valence-corrected chi connectivity index (χ4v) is 0.121. The molecule has 7 heavy (non-hydrogen) atoms. The average Bonchev–Trinajstić information content (AvgIpc) is 1.35. The number of hydrogen-bond donors (Lipinski definition) is 1. The Bertz CT molecular complexity index is 34.1. The Kier molecular flexibility index (Phi) is 9.00. The van der Waals surface area contributed by atoms with Crippen molar-refractivity contribution in [3.63, 3.8) is 0 Å². The van der Waals surface area contributed by atoms with E-state index in [1.807, 2.05) is 0 Å². The zero-order valence-electron chi connectivity index (χ0n) is 4.05. The molecule has 0 fully saturated rings. The largest absolute Gasteiger partial charge is 0.549 e. The van der Waals surface area contributed by atoms with Crippen LogP contribution in [0, 0.1) is 0 Å². The fraction of sp³-hybridized carbons (Fsp3) is 1.00. The van der Waals surface area contributed by atoms with Gasteiger partial charge in [-0.15, -0.1) is 12.4 Å². The van der Waals surface area contributed by atoms with E-state index in [1.54, 1.807) is 6.92 Å². The summed E-state index contributed by atoms with van der Waals surface area (Å²) in [6.45, 7) is 1.66. The minimum absolute atomic E-state index is 0. The van der Waals surface area contributed by atoms with Gasteiger partial charge in [0.1, 0.15) is 0 Å². The molecule has 0 saturated carbocycles. The lowest BCUT2D eigenvalue weighted by Crippen LogP contribution is -2.05. The van der Waals surface area contributed by atoms with Gasteiger partial charge < -0.3 is 15.8 Å². The Balaban J connectivity index is 0. The van der Waals surface area contributed by atoms with Crippen molar-refractivity contribution in [3.8, 4) is 0 Å². The molecule has 1 atom stereocenters. The van der Waals surface area contributed by atoms with E-state index in [4.69, 9.17) is 11.0 Å². The molecule has 0 bridgehead atoms. The van der Waals surface area contributed by atoms with Crippen LogP contribution >= 0.6 is 12.4 Å². The smallest absolute Gasteiger partial charge is 0.0727 e. The maximum absolute atomic E-state index is 8.31.